The first-order chi connectivity index (χ1) is 17.6. The van der Waals surface area contributed by atoms with Gasteiger partial charge in [-0.15, -0.1) is 0 Å². The topological polar surface area (TPSA) is 79.4 Å². The van der Waals surface area contributed by atoms with Crippen LogP contribution >= 0.6 is 0 Å². The molecule has 6 rings (SSSR count). The second kappa shape index (κ2) is 8.83. The Morgan fingerprint density at radius 3 is 2.61 bits per heavy atom. The van der Waals surface area contributed by atoms with Gasteiger partial charge in [-0.05, 0) is 80.5 Å². The number of benzene rings is 2. The van der Waals surface area contributed by atoms with E-state index in [0.717, 1.165) is 47.9 Å². The van der Waals surface area contributed by atoms with Crippen LogP contribution in [0.25, 0.3) is 33.6 Å². The summed E-state index contributed by atoms with van der Waals surface area (Å²) >= 11 is 0. The van der Waals surface area contributed by atoms with Gasteiger partial charge in [0.05, 0.1) is 24.3 Å². The summed E-state index contributed by atoms with van der Waals surface area (Å²) in [7, 11) is 1.61. The molecule has 6 nitrogen and oxygen atoms in total. The number of piperidine rings is 1. The number of methoxy groups -OCH3 is 1. The third-order valence-corrected chi connectivity index (χ3v) is 7.72. The minimum Gasteiger partial charge on any atom is -0.496 e. The lowest BCUT2D eigenvalue weighted by molar-refractivity contribution is 0.0595. The summed E-state index contributed by atoms with van der Waals surface area (Å²) in [5.74, 6) is 1.30. The molecule has 2 atom stereocenters. The smallest absolute Gasteiger partial charge is 0.254 e. The van der Waals surface area contributed by atoms with E-state index in [2.05, 4.69) is 16.0 Å². The third-order valence-electron chi connectivity index (χ3n) is 7.72. The van der Waals surface area contributed by atoms with Crippen molar-refractivity contribution in [2.24, 2.45) is 0 Å². The molecule has 2 fully saturated rings. The first-order valence-corrected chi connectivity index (χ1v) is 12.5. The Balaban J connectivity index is 1.38. The van der Waals surface area contributed by atoms with E-state index >= 15 is 0 Å². The quantitative estimate of drug-likeness (QED) is 0.335. The standard InChI is InChI=1S/C30H27N3O3/c1-18-6-7-19(14-21(18)17-31)24-12-13-32-26-16-28(36-29(24)26)25-11-8-20(15-27(25)35-2)30(34)33-22-4-3-5-23(33)10-9-22/h6-8,11-16,22-23H,3-5,9-10H2,1-2H3. The summed E-state index contributed by atoms with van der Waals surface area (Å²) in [6.07, 6.45) is 7.37. The number of aromatic nitrogens is 1. The normalized spacial score (nSPS) is 18.9. The second-order valence-electron chi connectivity index (χ2n) is 9.77. The Kier molecular flexibility index (Phi) is 5.49. The predicted octanol–water partition coefficient (Wildman–Crippen LogP) is 6.51. The van der Waals surface area contributed by atoms with E-state index < -0.39 is 0 Å². The predicted molar refractivity (Wildman–Crippen MR) is 138 cm³/mol. The molecule has 1 amide bonds. The molecule has 2 bridgehead atoms. The highest BCUT2D eigenvalue weighted by Gasteiger charge is 2.39. The van der Waals surface area contributed by atoms with Gasteiger partial charge in [-0.3, -0.25) is 9.78 Å². The van der Waals surface area contributed by atoms with Crippen molar-refractivity contribution < 1.29 is 13.9 Å². The molecule has 0 aliphatic carbocycles. The molecule has 0 radical (unpaired) electrons. The van der Waals surface area contributed by atoms with Crippen molar-refractivity contribution in [2.75, 3.05) is 7.11 Å². The minimum absolute atomic E-state index is 0.0910. The van der Waals surface area contributed by atoms with Crippen LogP contribution in [0.5, 0.6) is 5.75 Å². The summed E-state index contributed by atoms with van der Waals surface area (Å²) in [6.45, 7) is 1.92. The van der Waals surface area contributed by atoms with Gasteiger partial charge >= 0.3 is 0 Å². The average molecular weight is 478 g/mol. The zero-order chi connectivity index (χ0) is 24.8. The van der Waals surface area contributed by atoms with Gasteiger partial charge in [-0.1, -0.05) is 12.1 Å². The maximum Gasteiger partial charge on any atom is 0.254 e. The zero-order valence-electron chi connectivity index (χ0n) is 20.5. The number of amides is 1. The van der Waals surface area contributed by atoms with Crippen LogP contribution in [0.1, 0.15) is 53.6 Å². The molecule has 2 saturated heterocycles. The van der Waals surface area contributed by atoms with Crippen molar-refractivity contribution in [3.05, 3.63) is 71.4 Å². The molecule has 2 aliphatic heterocycles. The number of hydrogen-bond acceptors (Lipinski definition) is 5. The number of carbonyl (C=O) groups is 1. The van der Waals surface area contributed by atoms with E-state index in [4.69, 9.17) is 9.15 Å². The zero-order valence-corrected chi connectivity index (χ0v) is 20.5. The lowest BCUT2D eigenvalue weighted by Crippen LogP contribution is -2.43. The van der Waals surface area contributed by atoms with Gasteiger partial charge in [0.25, 0.3) is 5.91 Å². The van der Waals surface area contributed by atoms with Crippen LogP contribution in [-0.2, 0) is 0 Å². The summed E-state index contributed by atoms with van der Waals surface area (Å²) in [5.41, 5.74) is 6.11. The average Bonchev–Trinajstić information content (AvgIpc) is 3.45. The van der Waals surface area contributed by atoms with Crippen LogP contribution < -0.4 is 4.74 Å². The molecule has 2 aromatic carbocycles. The van der Waals surface area contributed by atoms with Gasteiger partial charge in [-0.2, -0.15) is 5.26 Å². The summed E-state index contributed by atoms with van der Waals surface area (Å²) < 4.78 is 12.0. The number of fused-ring (bicyclic) bond motifs is 3. The number of nitriles is 1. The number of hydrogen-bond donors (Lipinski definition) is 0. The number of furan rings is 1. The first kappa shape index (κ1) is 22.4. The maximum absolute atomic E-state index is 13.4. The van der Waals surface area contributed by atoms with Crippen LogP contribution in [0.15, 0.2) is 59.1 Å². The van der Waals surface area contributed by atoms with Crippen LogP contribution in [-0.4, -0.2) is 35.0 Å². The van der Waals surface area contributed by atoms with Gasteiger partial charge in [0.2, 0.25) is 0 Å². The molecular formula is C30H27N3O3. The lowest BCUT2D eigenvalue weighted by Gasteiger charge is -2.35. The maximum atomic E-state index is 13.4. The van der Waals surface area contributed by atoms with Crippen LogP contribution in [0.2, 0.25) is 0 Å². The Morgan fingerprint density at radius 2 is 1.86 bits per heavy atom. The fourth-order valence-corrected chi connectivity index (χ4v) is 5.83. The van der Waals surface area contributed by atoms with Crippen molar-refractivity contribution in [1.82, 2.24) is 9.88 Å². The summed E-state index contributed by atoms with van der Waals surface area (Å²) in [6, 6.07) is 18.2. The number of ether oxygens (including phenoxy) is 1. The SMILES string of the molecule is COc1cc(C(=O)N2C3CCCC2CC3)ccc1-c1cc2nccc(-c3ccc(C)c(C#N)c3)c2o1. The number of carbonyl (C=O) groups excluding carboxylic acids is 1. The highest BCUT2D eigenvalue weighted by atomic mass is 16.5. The number of nitrogens with zero attached hydrogens (tertiary/aromatic N) is 3. The van der Waals surface area contributed by atoms with Crippen molar-refractivity contribution in [1.29, 1.82) is 5.26 Å². The van der Waals surface area contributed by atoms with Crippen LogP contribution in [0.4, 0.5) is 0 Å². The number of rotatable bonds is 4. The third kappa shape index (κ3) is 3.63. The van der Waals surface area contributed by atoms with E-state index in [1.807, 2.05) is 55.5 Å². The lowest BCUT2D eigenvalue weighted by atomic mass is 10.0. The number of aryl methyl sites for hydroxylation is 1. The molecule has 0 spiro atoms. The van der Waals surface area contributed by atoms with Crippen LogP contribution in [0, 0.1) is 18.3 Å². The molecule has 4 heterocycles. The molecule has 2 aromatic heterocycles. The molecule has 2 unspecified atom stereocenters. The molecule has 0 N–H and O–H groups in total. The Hall–Kier alpha value is -4.11. The fourth-order valence-electron chi connectivity index (χ4n) is 5.83. The summed E-state index contributed by atoms with van der Waals surface area (Å²) in [4.78, 5) is 20.0. The molecule has 2 aliphatic rings. The molecule has 4 aromatic rings. The van der Waals surface area contributed by atoms with Crippen molar-refractivity contribution in [3.8, 4) is 34.3 Å². The van der Waals surface area contributed by atoms with Crippen molar-refractivity contribution in [3.63, 3.8) is 0 Å². The molecular weight excluding hydrogens is 450 g/mol. The fraction of sp³-hybridized carbons (Fsp3) is 0.300. The highest BCUT2D eigenvalue weighted by Crippen LogP contribution is 2.40. The van der Waals surface area contributed by atoms with Gasteiger partial charge in [0, 0.05) is 35.5 Å². The van der Waals surface area contributed by atoms with Crippen molar-refractivity contribution >= 4 is 17.0 Å². The second-order valence-corrected chi connectivity index (χ2v) is 9.77. The minimum atomic E-state index is 0.0910. The van der Waals surface area contributed by atoms with Gasteiger partial charge < -0.3 is 14.1 Å². The van der Waals surface area contributed by atoms with E-state index in [9.17, 15) is 10.1 Å². The molecule has 6 heteroatoms. The van der Waals surface area contributed by atoms with Gasteiger partial charge in [0.15, 0.2) is 5.58 Å². The van der Waals surface area contributed by atoms with E-state index in [-0.39, 0.29) is 5.91 Å². The Bertz CT molecular complexity index is 1510. The molecule has 180 valence electrons. The van der Waals surface area contributed by atoms with E-state index in [0.29, 0.717) is 45.8 Å². The van der Waals surface area contributed by atoms with E-state index in [1.165, 1.54) is 6.42 Å². The Morgan fingerprint density at radius 1 is 1.06 bits per heavy atom. The van der Waals surface area contributed by atoms with Crippen molar-refractivity contribution in [2.45, 2.75) is 51.1 Å². The van der Waals surface area contributed by atoms with Gasteiger partial charge in [0.1, 0.15) is 17.0 Å². The van der Waals surface area contributed by atoms with E-state index in [1.54, 1.807) is 13.3 Å². The number of pyridine rings is 1. The Labute approximate surface area is 210 Å². The largest absolute Gasteiger partial charge is 0.496 e. The highest BCUT2D eigenvalue weighted by molar-refractivity contribution is 5.97. The monoisotopic (exact) mass is 477 g/mol. The molecule has 36 heavy (non-hydrogen) atoms. The summed E-state index contributed by atoms with van der Waals surface area (Å²) in [5, 5.41) is 9.46. The van der Waals surface area contributed by atoms with Crippen LogP contribution in [0.3, 0.4) is 0 Å². The molecule has 0 saturated carbocycles. The van der Waals surface area contributed by atoms with Gasteiger partial charge in [-0.25, -0.2) is 0 Å². The first-order valence-electron chi connectivity index (χ1n) is 12.5.